The van der Waals surface area contributed by atoms with Crippen molar-refractivity contribution in [3.63, 3.8) is 0 Å². The zero-order valence-electron chi connectivity index (χ0n) is 19.1. The third-order valence-corrected chi connectivity index (χ3v) is 6.97. The van der Waals surface area contributed by atoms with E-state index in [-0.39, 0.29) is 29.7 Å². The Kier molecular flexibility index (Phi) is 6.81. The molecule has 0 aliphatic carbocycles. The van der Waals surface area contributed by atoms with Crippen molar-refractivity contribution in [1.29, 1.82) is 0 Å². The van der Waals surface area contributed by atoms with Crippen LogP contribution in [0.3, 0.4) is 0 Å². The molecule has 35 heavy (non-hydrogen) atoms. The van der Waals surface area contributed by atoms with Gasteiger partial charge in [0.15, 0.2) is 0 Å². The maximum Gasteiger partial charge on any atom is 0.257 e. The second kappa shape index (κ2) is 9.81. The highest BCUT2D eigenvalue weighted by Crippen LogP contribution is 2.27. The molecular formula is C26H25N3O5S. The fraction of sp³-hybridized carbons (Fsp3) is 0.192. The van der Waals surface area contributed by atoms with Crippen LogP contribution in [-0.2, 0) is 26.0 Å². The highest BCUT2D eigenvalue weighted by molar-refractivity contribution is 7.89. The number of nitrogens with two attached hydrogens (primary N) is 1. The third kappa shape index (κ3) is 5.16. The van der Waals surface area contributed by atoms with E-state index in [0.717, 1.165) is 16.0 Å². The van der Waals surface area contributed by atoms with E-state index in [0.29, 0.717) is 17.7 Å². The van der Waals surface area contributed by atoms with Gasteiger partial charge in [0.2, 0.25) is 15.9 Å². The number of amides is 3. The minimum atomic E-state index is -3.82. The molecule has 8 nitrogen and oxygen atoms in total. The van der Waals surface area contributed by atoms with Crippen molar-refractivity contribution in [3.8, 4) is 0 Å². The summed E-state index contributed by atoms with van der Waals surface area (Å²) in [6.07, 6.45) is 0.238. The number of carbonyl (C=O) groups excluding carboxylic acids is 3. The summed E-state index contributed by atoms with van der Waals surface area (Å²) in [7, 11) is -3.82. The molecule has 3 aromatic carbocycles. The van der Waals surface area contributed by atoms with Gasteiger partial charge in [-0.15, -0.1) is 0 Å². The van der Waals surface area contributed by atoms with Crippen molar-refractivity contribution in [2.75, 3.05) is 11.4 Å². The van der Waals surface area contributed by atoms with E-state index in [1.54, 1.807) is 54.6 Å². The number of imide groups is 1. The van der Waals surface area contributed by atoms with Gasteiger partial charge in [-0.3, -0.25) is 14.4 Å². The van der Waals surface area contributed by atoms with Gasteiger partial charge < -0.3 is 4.90 Å². The van der Waals surface area contributed by atoms with Crippen LogP contribution in [0, 0.1) is 6.92 Å². The topological polar surface area (TPSA) is 118 Å². The van der Waals surface area contributed by atoms with Gasteiger partial charge in [-0.1, -0.05) is 48.5 Å². The summed E-state index contributed by atoms with van der Waals surface area (Å²) in [5.74, 6) is -1.16. The second-order valence-corrected chi connectivity index (χ2v) is 9.94. The number of nitrogens with zero attached hydrogens (tertiary/aromatic N) is 2. The first-order valence-electron chi connectivity index (χ1n) is 11.1. The molecule has 2 N–H and O–H groups in total. The van der Waals surface area contributed by atoms with Crippen molar-refractivity contribution in [1.82, 2.24) is 4.90 Å². The number of carbonyl (C=O) groups is 3. The Morgan fingerprint density at radius 3 is 2.23 bits per heavy atom. The Labute approximate surface area is 204 Å². The van der Waals surface area contributed by atoms with Gasteiger partial charge in [0.05, 0.1) is 17.0 Å². The molecule has 3 aromatic rings. The lowest BCUT2D eigenvalue weighted by Gasteiger charge is -2.28. The van der Waals surface area contributed by atoms with Crippen LogP contribution in [0.25, 0.3) is 0 Å². The first kappa shape index (κ1) is 24.3. The molecule has 4 rings (SSSR count). The number of anilines is 1. The Morgan fingerprint density at radius 2 is 1.60 bits per heavy atom. The number of primary sulfonamides is 1. The molecule has 1 aliphatic rings. The van der Waals surface area contributed by atoms with Gasteiger partial charge in [-0.25, -0.2) is 18.5 Å². The summed E-state index contributed by atoms with van der Waals surface area (Å²) >= 11 is 0. The van der Waals surface area contributed by atoms with E-state index in [1.807, 2.05) is 19.1 Å². The molecule has 1 atom stereocenters. The number of aryl methyl sites for hydroxylation is 1. The van der Waals surface area contributed by atoms with Gasteiger partial charge in [-0.2, -0.15) is 0 Å². The monoisotopic (exact) mass is 491 g/mol. The van der Waals surface area contributed by atoms with Crippen molar-refractivity contribution in [3.05, 3.63) is 95.6 Å². The van der Waals surface area contributed by atoms with Crippen molar-refractivity contribution >= 4 is 33.4 Å². The van der Waals surface area contributed by atoms with E-state index in [2.05, 4.69) is 0 Å². The molecule has 1 heterocycles. The van der Waals surface area contributed by atoms with E-state index in [1.165, 1.54) is 17.0 Å². The minimum Gasteiger partial charge on any atom is -0.326 e. The number of sulfonamides is 1. The average molecular weight is 492 g/mol. The zero-order chi connectivity index (χ0) is 25.2. The quantitative estimate of drug-likeness (QED) is 0.510. The molecule has 0 aromatic heterocycles. The third-order valence-electron chi connectivity index (χ3n) is 6.04. The molecule has 0 radical (unpaired) electrons. The maximum absolute atomic E-state index is 13.6. The lowest BCUT2D eigenvalue weighted by molar-refractivity contribution is -0.122. The van der Waals surface area contributed by atoms with Gasteiger partial charge in [0.1, 0.15) is 6.04 Å². The highest BCUT2D eigenvalue weighted by atomic mass is 32.2. The number of benzene rings is 3. The van der Waals surface area contributed by atoms with Crippen LogP contribution in [0.15, 0.2) is 83.8 Å². The molecule has 1 unspecified atom stereocenters. The summed E-state index contributed by atoms with van der Waals surface area (Å²) < 4.78 is 23.1. The molecular weight excluding hydrogens is 466 g/mol. The van der Waals surface area contributed by atoms with Crippen LogP contribution in [-0.4, -0.2) is 43.6 Å². The van der Waals surface area contributed by atoms with Gasteiger partial charge in [0, 0.05) is 12.1 Å². The van der Waals surface area contributed by atoms with Crippen LogP contribution in [0.2, 0.25) is 0 Å². The fourth-order valence-electron chi connectivity index (χ4n) is 4.17. The fourth-order valence-corrected chi connectivity index (χ4v) is 4.69. The van der Waals surface area contributed by atoms with Crippen LogP contribution >= 0.6 is 0 Å². The smallest absolute Gasteiger partial charge is 0.257 e. The van der Waals surface area contributed by atoms with Gasteiger partial charge in [0.25, 0.3) is 11.8 Å². The summed E-state index contributed by atoms with van der Waals surface area (Å²) in [6, 6.07) is 20.8. The zero-order valence-corrected chi connectivity index (χ0v) is 19.9. The number of hydrogen-bond donors (Lipinski definition) is 1. The predicted molar refractivity (Wildman–Crippen MR) is 131 cm³/mol. The molecule has 0 saturated carbocycles. The average Bonchev–Trinajstić information content (AvgIpc) is 3.13. The Hall–Kier alpha value is -3.82. The normalized spacial score (nSPS) is 15.9. The standard InChI is InChI=1S/C26H25N3O5S/c1-18-7-5-6-10-22(18)25(31)28(16-15-19-11-13-21(14-12-19)35(27,33)34)23-17-24(30)29(26(23)32)20-8-3-2-4-9-20/h2-14,23H,15-17H2,1H3,(H2,27,33,34). The maximum atomic E-state index is 13.6. The Morgan fingerprint density at radius 1 is 0.971 bits per heavy atom. The lowest BCUT2D eigenvalue weighted by Crippen LogP contribution is -2.46. The molecule has 1 saturated heterocycles. The summed E-state index contributed by atoms with van der Waals surface area (Å²) in [6.45, 7) is 1.98. The first-order valence-corrected chi connectivity index (χ1v) is 12.6. The molecule has 3 amide bonds. The van der Waals surface area contributed by atoms with Gasteiger partial charge in [-0.05, 0) is 54.8 Å². The number of para-hydroxylation sites is 1. The van der Waals surface area contributed by atoms with Crippen molar-refractivity contribution < 1.29 is 22.8 Å². The lowest BCUT2D eigenvalue weighted by atomic mass is 10.0. The SMILES string of the molecule is Cc1ccccc1C(=O)N(CCc1ccc(S(N)(=O)=O)cc1)C1CC(=O)N(c2ccccc2)C1=O. The number of rotatable bonds is 7. The van der Waals surface area contributed by atoms with Gasteiger partial charge >= 0.3 is 0 Å². The van der Waals surface area contributed by atoms with E-state index >= 15 is 0 Å². The number of hydrogen-bond acceptors (Lipinski definition) is 5. The molecule has 180 valence electrons. The van der Waals surface area contributed by atoms with Crippen molar-refractivity contribution in [2.45, 2.75) is 30.7 Å². The highest BCUT2D eigenvalue weighted by Gasteiger charge is 2.44. The largest absolute Gasteiger partial charge is 0.326 e. The first-order chi connectivity index (χ1) is 16.7. The van der Waals surface area contributed by atoms with Crippen molar-refractivity contribution in [2.24, 2.45) is 5.14 Å². The Balaban J connectivity index is 1.63. The van der Waals surface area contributed by atoms with Crippen LogP contribution in [0.5, 0.6) is 0 Å². The van der Waals surface area contributed by atoms with Crippen LogP contribution in [0.1, 0.15) is 27.9 Å². The van der Waals surface area contributed by atoms with E-state index < -0.39 is 22.0 Å². The molecule has 0 bridgehead atoms. The second-order valence-electron chi connectivity index (χ2n) is 8.38. The minimum absolute atomic E-state index is 0.0100. The van der Waals surface area contributed by atoms with Crippen LogP contribution in [0.4, 0.5) is 5.69 Å². The van der Waals surface area contributed by atoms with E-state index in [9.17, 15) is 22.8 Å². The van der Waals surface area contributed by atoms with E-state index in [4.69, 9.17) is 5.14 Å². The summed E-state index contributed by atoms with van der Waals surface area (Å²) in [5, 5.41) is 5.16. The molecule has 1 fully saturated rings. The molecule has 0 spiro atoms. The summed E-state index contributed by atoms with van der Waals surface area (Å²) in [4.78, 5) is 42.4. The summed E-state index contributed by atoms with van der Waals surface area (Å²) in [5.41, 5.74) is 2.44. The predicted octanol–water partition coefficient (Wildman–Crippen LogP) is 2.66. The Bertz CT molecular complexity index is 1370. The van der Waals surface area contributed by atoms with Crippen LogP contribution < -0.4 is 10.0 Å². The molecule has 9 heteroatoms. The molecule has 1 aliphatic heterocycles.